The third-order valence-electron chi connectivity index (χ3n) is 7.10. The van der Waals surface area contributed by atoms with Crippen molar-refractivity contribution in [3.05, 3.63) is 110 Å². The summed E-state index contributed by atoms with van der Waals surface area (Å²) >= 11 is 0. The number of hydrogen-bond donors (Lipinski definition) is 1. The van der Waals surface area contributed by atoms with Gasteiger partial charge in [-0.2, -0.15) is 0 Å². The van der Waals surface area contributed by atoms with Gasteiger partial charge in [0.05, 0.1) is 34.0 Å². The lowest BCUT2D eigenvalue weighted by Gasteiger charge is -2.34. The zero-order valence-electron chi connectivity index (χ0n) is 19.8. The average molecular weight is 469 g/mol. The van der Waals surface area contributed by atoms with Crippen LogP contribution in [-0.4, -0.2) is 13.7 Å². The molecule has 1 aliphatic heterocycles. The van der Waals surface area contributed by atoms with E-state index < -0.39 is 11.7 Å². The number of benzene rings is 2. The molecular formula is C28H25FN4O2. The van der Waals surface area contributed by atoms with Crippen LogP contribution in [0.3, 0.4) is 0 Å². The van der Waals surface area contributed by atoms with Crippen LogP contribution in [0.5, 0.6) is 0 Å². The lowest BCUT2D eigenvalue weighted by Crippen LogP contribution is -2.37. The minimum Gasteiger partial charge on any atom is -0.371 e. The topological polar surface area (TPSA) is 61.0 Å². The standard InChI is InChI=1S/C28H25FN4O2/c1-16-9-8-10-17(15-16)24-22-25(31(2)28(35)32(3)27(22)34)26-23(18-11-4-5-12-19(18)29)30-20-13-6-7-14-21(20)33(24)26/h4-6,8-13,15,23,30H,7,14H2,1-3H3. The normalized spacial score (nSPS) is 16.9. The van der Waals surface area contributed by atoms with Crippen molar-refractivity contribution >= 4 is 16.6 Å². The third kappa shape index (κ3) is 3.00. The van der Waals surface area contributed by atoms with E-state index in [1.807, 2.05) is 37.3 Å². The molecule has 176 valence electrons. The highest BCUT2D eigenvalue weighted by Crippen LogP contribution is 2.44. The van der Waals surface area contributed by atoms with Gasteiger partial charge in [0, 0.05) is 25.4 Å². The summed E-state index contributed by atoms with van der Waals surface area (Å²) in [6.07, 6.45) is 5.73. The van der Waals surface area contributed by atoms with Crippen molar-refractivity contribution in [1.82, 2.24) is 19.0 Å². The molecule has 2 aromatic heterocycles. The molecule has 0 saturated carbocycles. The van der Waals surface area contributed by atoms with Crippen LogP contribution >= 0.6 is 0 Å². The molecule has 1 N–H and O–H groups in total. The molecule has 1 unspecified atom stereocenters. The van der Waals surface area contributed by atoms with Gasteiger partial charge in [-0.3, -0.25) is 13.9 Å². The molecule has 2 aliphatic rings. The van der Waals surface area contributed by atoms with Crippen molar-refractivity contribution in [2.45, 2.75) is 25.8 Å². The number of allylic oxidation sites excluding steroid dienone is 3. The number of hydrogen-bond acceptors (Lipinski definition) is 3. The number of nitrogens with one attached hydrogen (secondary N) is 1. The maximum atomic E-state index is 15.2. The summed E-state index contributed by atoms with van der Waals surface area (Å²) < 4.78 is 19.9. The summed E-state index contributed by atoms with van der Waals surface area (Å²) in [7, 11) is 3.18. The van der Waals surface area contributed by atoms with E-state index in [2.05, 4.69) is 16.0 Å². The van der Waals surface area contributed by atoms with Crippen LogP contribution in [0.1, 0.15) is 35.7 Å². The van der Waals surface area contributed by atoms with Gasteiger partial charge in [0.1, 0.15) is 5.82 Å². The van der Waals surface area contributed by atoms with Crippen molar-refractivity contribution in [2.24, 2.45) is 14.1 Å². The Hall–Kier alpha value is -4.13. The highest BCUT2D eigenvalue weighted by atomic mass is 19.1. The Labute approximate surface area is 201 Å². The number of halogens is 1. The Kier molecular flexibility index (Phi) is 4.71. The first-order valence-electron chi connectivity index (χ1n) is 11.7. The molecule has 0 spiro atoms. The largest absolute Gasteiger partial charge is 0.371 e. The second kappa shape index (κ2) is 7.70. The van der Waals surface area contributed by atoms with Gasteiger partial charge in [0.25, 0.3) is 5.56 Å². The van der Waals surface area contributed by atoms with Crippen molar-refractivity contribution in [1.29, 1.82) is 0 Å². The monoisotopic (exact) mass is 468 g/mol. The number of rotatable bonds is 2. The molecule has 6 rings (SSSR count). The minimum absolute atomic E-state index is 0.347. The molecule has 0 saturated heterocycles. The lowest BCUT2D eigenvalue weighted by molar-refractivity contribution is 0.559. The summed E-state index contributed by atoms with van der Waals surface area (Å²) in [6.45, 7) is 2.01. The maximum Gasteiger partial charge on any atom is 0.331 e. The van der Waals surface area contributed by atoms with Crippen LogP contribution in [0.2, 0.25) is 0 Å². The SMILES string of the molecule is Cc1cccc(-c2c3c(=O)n(C)c(=O)n(C)c3c3n2C2=C(C=CCC2)NC3c2ccccc2F)c1. The predicted molar refractivity (Wildman–Crippen MR) is 136 cm³/mol. The Morgan fingerprint density at radius 3 is 2.60 bits per heavy atom. The summed E-state index contributed by atoms with van der Waals surface area (Å²) in [5.74, 6) is -0.347. The Morgan fingerprint density at radius 1 is 1.03 bits per heavy atom. The molecule has 1 atom stereocenters. The van der Waals surface area contributed by atoms with Crippen LogP contribution < -0.4 is 16.6 Å². The van der Waals surface area contributed by atoms with Crippen LogP contribution in [0.4, 0.5) is 4.39 Å². The smallest absolute Gasteiger partial charge is 0.331 e. The van der Waals surface area contributed by atoms with E-state index in [1.54, 1.807) is 25.2 Å². The molecule has 35 heavy (non-hydrogen) atoms. The highest BCUT2D eigenvalue weighted by Gasteiger charge is 2.36. The molecular weight excluding hydrogens is 443 g/mol. The fourth-order valence-corrected chi connectivity index (χ4v) is 5.48. The van der Waals surface area contributed by atoms with Gasteiger partial charge in [-0.25, -0.2) is 9.18 Å². The molecule has 6 nitrogen and oxygen atoms in total. The molecule has 3 heterocycles. The van der Waals surface area contributed by atoms with Crippen molar-refractivity contribution < 1.29 is 4.39 Å². The van der Waals surface area contributed by atoms with Gasteiger partial charge in [0.2, 0.25) is 0 Å². The highest BCUT2D eigenvalue weighted by molar-refractivity contribution is 5.99. The summed E-state index contributed by atoms with van der Waals surface area (Å²) in [5.41, 5.74) is 5.50. The van der Waals surface area contributed by atoms with Crippen LogP contribution in [0.25, 0.3) is 27.9 Å². The summed E-state index contributed by atoms with van der Waals surface area (Å²) in [4.78, 5) is 26.8. The van der Waals surface area contributed by atoms with Gasteiger partial charge in [-0.15, -0.1) is 0 Å². The number of aromatic nitrogens is 3. The van der Waals surface area contributed by atoms with E-state index in [0.29, 0.717) is 22.2 Å². The van der Waals surface area contributed by atoms with Crippen molar-refractivity contribution in [2.75, 3.05) is 0 Å². The minimum atomic E-state index is -0.587. The molecule has 4 aromatic rings. The zero-order chi connectivity index (χ0) is 24.4. The van der Waals surface area contributed by atoms with Crippen LogP contribution in [-0.2, 0) is 14.1 Å². The van der Waals surface area contributed by atoms with Gasteiger partial charge >= 0.3 is 5.69 Å². The van der Waals surface area contributed by atoms with E-state index >= 15 is 4.39 Å². The first kappa shape index (κ1) is 21.4. The van der Waals surface area contributed by atoms with E-state index in [-0.39, 0.29) is 11.4 Å². The number of aryl methyl sites for hydroxylation is 2. The Bertz CT molecular complexity index is 1720. The second-order valence-electron chi connectivity index (χ2n) is 9.27. The third-order valence-corrected chi connectivity index (χ3v) is 7.10. The van der Waals surface area contributed by atoms with Gasteiger partial charge < -0.3 is 9.88 Å². The second-order valence-corrected chi connectivity index (χ2v) is 9.27. The molecule has 0 amide bonds. The average Bonchev–Trinajstić information content (AvgIpc) is 3.23. The molecule has 0 fully saturated rings. The first-order chi connectivity index (χ1) is 16.9. The number of fused-ring (bicyclic) bond motifs is 4. The quantitative estimate of drug-likeness (QED) is 0.476. The van der Waals surface area contributed by atoms with Crippen molar-refractivity contribution in [3.63, 3.8) is 0 Å². The van der Waals surface area contributed by atoms with E-state index in [9.17, 15) is 9.59 Å². The van der Waals surface area contributed by atoms with Crippen molar-refractivity contribution in [3.8, 4) is 11.3 Å². The van der Waals surface area contributed by atoms with Gasteiger partial charge in [-0.1, -0.05) is 48.0 Å². The van der Waals surface area contributed by atoms with Gasteiger partial charge in [-0.05, 0) is 43.5 Å². The molecule has 0 radical (unpaired) electrons. The summed E-state index contributed by atoms with van der Waals surface area (Å²) in [5, 5.41) is 3.99. The Balaban J connectivity index is 1.87. The number of nitrogens with zero attached hydrogens (tertiary/aromatic N) is 3. The fourth-order valence-electron chi connectivity index (χ4n) is 5.48. The molecule has 2 aromatic carbocycles. The summed E-state index contributed by atoms with van der Waals surface area (Å²) in [6, 6.07) is 14.1. The Morgan fingerprint density at radius 2 is 1.83 bits per heavy atom. The van der Waals surface area contributed by atoms with E-state index in [4.69, 9.17) is 0 Å². The molecule has 0 bridgehead atoms. The van der Waals surface area contributed by atoms with Crippen LogP contribution in [0, 0.1) is 12.7 Å². The van der Waals surface area contributed by atoms with E-state index in [1.165, 1.54) is 17.7 Å². The maximum absolute atomic E-state index is 15.2. The lowest BCUT2D eigenvalue weighted by atomic mass is 9.96. The zero-order valence-corrected chi connectivity index (χ0v) is 19.8. The van der Waals surface area contributed by atoms with E-state index in [0.717, 1.165) is 45.6 Å². The predicted octanol–water partition coefficient (Wildman–Crippen LogP) is 4.36. The van der Waals surface area contributed by atoms with Crippen LogP contribution in [0.15, 0.2) is 76.0 Å². The molecule has 1 aliphatic carbocycles. The molecule has 7 heteroatoms. The fraction of sp³-hybridized carbons (Fsp3) is 0.214. The van der Waals surface area contributed by atoms with Gasteiger partial charge in [0.15, 0.2) is 0 Å². The first-order valence-corrected chi connectivity index (χ1v) is 11.7.